The van der Waals surface area contributed by atoms with Crippen molar-refractivity contribution < 1.29 is 14.4 Å². The first-order valence-electron chi connectivity index (χ1n) is 8.06. The van der Waals surface area contributed by atoms with E-state index < -0.39 is 6.03 Å². The van der Waals surface area contributed by atoms with Gasteiger partial charge in [0, 0.05) is 19.1 Å². The minimum Gasteiger partial charge on any atom is -0.351 e. The normalized spacial score (nSPS) is 33.5. The second kappa shape index (κ2) is 7.05. The Morgan fingerprint density at radius 3 is 2.39 bits per heavy atom. The van der Waals surface area contributed by atoms with Crippen LogP contribution in [0.15, 0.2) is 0 Å². The Kier molecular flexibility index (Phi) is 5.52. The summed E-state index contributed by atoms with van der Waals surface area (Å²) in [5, 5.41) is 3.07. The minimum atomic E-state index is -0.397. The highest BCUT2D eigenvalue weighted by atomic mass is 35.5. The third kappa shape index (κ3) is 3.61. The van der Waals surface area contributed by atoms with Crippen molar-refractivity contribution in [1.82, 2.24) is 15.1 Å². The van der Waals surface area contributed by atoms with Crippen LogP contribution < -0.4 is 11.1 Å². The summed E-state index contributed by atoms with van der Waals surface area (Å²) >= 11 is 0. The van der Waals surface area contributed by atoms with Gasteiger partial charge in [-0.25, -0.2) is 4.79 Å². The van der Waals surface area contributed by atoms with E-state index in [4.69, 9.17) is 5.73 Å². The highest BCUT2D eigenvalue weighted by Gasteiger charge is 2.41. The molecule has 0 radical (unpaired) electrons. The third-order valence-electron chi connectivity index (χ3n) is 5.24. The van der Waals surface area contributed by atoms with E-state index in [-0.39, 0.29) is 49.4 Å². The molecule has 2 aliphatic carbocycles. The highest BCUT2D eigenvalue weighted by Crippen LogP contribution is 2.39. The van der Waals surface area contributed by atoms with Gasteiger partial charge in [0.1, 0.15) is 13.1 Å². The van der Waals surface area contributed by atoms with Crippen LogP contribution in [-0.2, 0) is 9.59 Å². The van der Waals surface area contributed by atoms with Crippen molar-refractivity contribution in [3.05, 3.63) is 0 Å². The SMILES string of the molecule is CN1CC(=O)N(CC(=O)NC2C3CCCC2CC(N)C3)C1=O.Cl. The number of urea groups is 1. The number of rotatable bonds is 3. The number of amides is 4. The summed E-state index contributed by atoms with van der Waals surface area (Å²) in [5.41, 5.74) is 6.09. The molecular formula is C15H25ClN4O3. The summed E-state index contributed by atoms with van der Waals surface area (Å²) in [6, 6.07) is -0.0172. The van der Waals surface area contributed by atoms with Crippen LogP contribution in [0.5, 0.6) is 0 Å². The Bertz CT molecular complexity index is 487. The maximum absolute atomic E-state index is 12.3. The summed E-state index contributed by atoms with van der Waals surface area (Å²) in [6.45, 7) is -0.125. The van der Waals surface area contributed by atoms with E-state index in [1.165, 1.54) is 11.3 Å². The van der Waals surface area contributed by atoms with Crippen LogP contribution in [0, 0.1) is 11.8 Å². The average Bonchev–Trinajstić information content (AvgIpc) is 2.66. The van der Waals surface area contributed by atoms with Gasteiger partial charge in [0.2, 0.25) is 5.91 Å². The van der Waals surface area contributed by atoms with E-state index in [2.05, 4.69) is 5.32 Å². The maximum atomic E-state index is 12.3. The number of hydrogen-bond donors (Lipinski definition) is 2. The van der Waals surface area contributed by atoms with Gasteiger partial charge in [-0.3, -0.25) is 14.5 Å². The fraction of sp³-hybridized carbons (Fsp3) is 0.800. The second-order valence-electron chi connectivity index (χ2n) is 6.89. The molecule has 1 aliphatic heterocycles. The van der Waals surface area contributed by atoms with Gasteiger partial charge >= 0.3 is 6.03 Å². The van der Waals surface area contributed by atoms with Crippen LogP contribution in [0.3, 0.4) is 0 Å². The molecule has 2 saturated carbocycles. The van der Waals surface area contributed by atoms with Crippen molar-refractivity contribution in [2.75, 3.05) is 20.1 Å². The zero-order chi connectivity index (χ0) is 15.9. The standard InChI is InChI=1S/C15H24N4O3.ClH/c1-18-8-13(21)19(15(18)22)7-12(20)17-14-9-3-2-4-10(14)6-11(16)5-9;/h9-11,14H,2-8,16H2,1H3,(H,17,20);1H. The lowest BCUT2D eigenvalue weighted by Crippen LogP contribution is -2.55. The smallest absolute Gasteiger partial charge is 0.327 e. The van der Waals surface area contributed by atoms with Gasteiger partial charge in [-0.2, -0.15) is 0 Å². The molecule has 3 aliphatic rings. The fourth-order valence-corrected chi connectivity index (χ4v) is 4.22. The van der Waals surface area contributed by atoms with Crippen LogP contribution in [0.1, 0.15) is 32.1 Å². The Hall–Kier alpha value is -1.34. The molecule has 23 heavy (non-hydrogen) atoms. The molecule has 7 nitrogen and oxygen atoms in total. The van der Waals surface area contributed by atoms with Crippen LogP contribution in [-0.4, -0.2) is 59.9 Å². The summed E-state index contributed by atoms with van der Waals surface area (Å²) in [7, 11) is 1.56. The largest absolute Gasteiger partial charge is 0.351 e. The number of halogens is 1. The maximum Gasteiger partial charge on any atom is 0.327 e. The number of hydrogen-bond acceptors (Lipinski definition) is 4. The quantitative estimate of drug-likeness (QED) is 0.721. The number of imide groups is 1. The Morgan fingerprint density at radius 2 is 1.87 bits per heavy atom. The van der Waals surface area contributed by atoms with Crippen LogP contribution in [0.4, 0.5) is 4.79 Å². The number of nitrogens with zero attached hydrogens (tertiary/aromatic N) is 2. The van der Waals surface area contributed by atoms with Gasteiger partial charge in [-0.15, -0.1) is 12.4 Å². The number of carbonyl (C=O) groups excluding carboxylic acids is 3. The molecule has 0 aromatic carbocycles. The van der Waals surface area contributed by atoms with Crippen molar-refractivity contribution in [3.63, 3.8) is 0 Å². The Balaban J connectivity index is 0.00000192. The number of carbonyl (C=O) groups is 3. The summed E-state index contributed by atoms with van der Waals surface area (Å²) < 4.78 is 0. The van der Waals surface area contributed by atoms with Gasteiger partial charge < -0.3 is 16.0 Å². The van der Waals surface area contributed by atoms with E-state index in [1.54, 1.807) is 7.05 Å². The monoisotopic (exact) mass is 344 g/mol. The lowest BCUT2D eigenvalue weighted by Gasteiger charge is -2.45. The van der Waals surface area contributed by atoms with E-state index >= 15 is 0 Å². The summed E-state index contributed by atoms with van der Waals surface area (Å²) in [4.78, 5) is 38.2. The van der Waals surface area contributed by atoms with Crippen LogP contribution in [0.2, 0.25) is 0 Å². The fourth-order valence-electron chi connectivity index (χ4n) is 4.22. The number of fused-ring (bicyclic) bond motifs is 2. The number of likely N-dealkylation sites (N-methyl/N-ethyl adjacent to an activating group) is 1. The number of nitrogens with one attached hydrogen (secondary N) is 1. The van der Waals surface area contributed by atoms with Gasteiger partial charge in [-0.1, -0.05) is 6.42 Å². The molecule has 130 valence electrons. The molecule has 2 atom stereocenters. The highest BCUT2D eigenvalue weighted by molar-refractivity contribution is 6.04. The third-order valence-corrected chi connectivity index (χ3v) is 5.24. The molecule has 3 rings (SSSR count). The summed E-state index contributed by atoms with van der Waals surface area (Å²) in [6.07, 6.45) is 5.29. The Morgan fingerprint density at radius 1 is 1.26 bits per heavy atom. The molecule has 0 aromatic rings. The molecule has 3 fully saturated rings. The molecule has 0 spiro atoms. The molecule has 2 bridgehead atoms. The Labute approximate surface area is 142 Å². The molecule has 4 amide bonds. The van der Waals surface area contributed by atoms with E-state index in [0.29, 0.717) is 11.8 Å². The molecule has 2 unspecified atom stereocenters. The first kappa shape index (κ1) is 18.0. The lowest BCUT2D eigenvalue weighted by molar-refractivity contribution is -0.131. The first-order chi connectivity index (χ1) is 10.5. The predicted molar refractivity (Wildman–Crippen MR) is 87.0 cm³/mol. The zero-order valence-corrected chi connectivity index (χ0v) is 14.2. The first-order valence-corrected chi connectivity index (χ1v) is 8.06. The van der Waals surface area contributed by atoms with Crippen molar-refractivity contribution in [2.45, 2.75) is 44.2 Å². The predicted octanol–water partition coefficient (Wildman–Crippen LogP) is 0.324. The van der Waals surface area contributed by atoms with Gasteiger partial charge in [-0.05, 0) is 37.5 Å². The van der Waals surface area contributed by atoms with Gasteiger partial charge in [0.05, 0.1) is 0 Å². The minimum absolute atomic E-state index is 0. The molecule has 1 heterocycles. The molecular weight excluding hydrogens is 320 g/mol. The molecule has 0 aromatic heterocycles. The average molecular weight is 345 g/mol. The molecule has 1 saturated heterocycles. The molecule has 8 heteroatoms. The van der Waals surface area contributed by atoms with Gasteiger partial charge in [0.25, 0.3) is 5.91 Å². The second-order valence-corrected chi connectivity index (χ2v) is 6.89. The van der Waals surface area contributed by atoms with Crippen molar-refractivity contribution in [1.29, 1.82) is 0 Å². The van der Waals surface area contributed by atoms with Crippen LogP contribution in [0.25, 0.3) is 0 Å². The van der Waals surface area contributed by atoms with Crippen molar-refractivity contribution >= 4 is 30.3 Å². The van der Waals surface area contributed by atoms with E-state index in [1.807, 2.05) is 0 Å². The zero-order valence-electron chi connectivity index (χ0n) is 13.4. The lowest BCUT2D eigenvalue weighted by atomic mass is 9.67. The van der Waals surface area contributed by atoms with Gasteiger partial charge in [0.15, 0.2) is 0 Å². The molecule has 3 N–H and O–H groups in total. The van der Waals surface area contributed by atoms with E-state index in [0.717, 1.165) is 30.6 Å². The van der Waals surface area contributed by atoms with Crippen molar-refractivity contribution in [3.8, 4) is 0 Å². The van der Waals surface area contributed by atoms with Crippen LogP contribution >= 0.6 is 12.4 Å². The topological polar surface area (TPSA) is 95.7 Å². The summed E-state index contributed by atoms with van der Waals surface area (Å²) in [5.74, 6) is 0.307. The van der Waals surface area contributed by atoms with Crippen molar-refractivity contribution in [2.24, 2.45) is 17.6 Å². The number of nitrogens with two attached hydrogens (primary N) is 1. The van der Waals surface area contributed by atoms with E-state index in [9.17, 15) is 14.4 Å².